The lowest BCUT2D eigenvalue weighted by Gasteiger charge is -2.44. The first-order valence-corrected chi connectivity index (χ1v) is 11.8. The lowest BCUT2D eigenvalue weighted by Crippen LogP contribution is -2.55. The molecule has 2 aliphatic rings. The molecule has 2 fully saturated rings. The van der Waals surface area contributed by atoms with Crippen molar-refractivity contribution in [3.8, 4) is 5.75 Å². The quantitative estimate of drug-likeness (QED) is 0.679. The minimum absolute atomic E-state index is 0.665. The van der Waals surface area contributed by atoms with Gasteiger partial charge in [-0.1, -0.05) is 6.07 Å². The molecule has 2 aliphatic heterocycles. The summed E-state index contributed by atoms with van der Waals surface area (Å²) in [5, 5.41) is 4.36. The molecule has 0 spiro atoms. The molecule has 0 N–H and O–H groups in total. The van der Waals surface area contributed by atoms with Gasteiger partial charge in [-0.15, -0.1) is 0 Å². The fourth-order valence-electron chi connectivity index (χ4n) is 4.73. The zero-order valence-electron chi connectivity index (χ0n) is 17.1. The number of rotatable bonds is 8. The van der Waals surface area contributed by atoms with Gasteiger partial charge < -0.3 is 4.74 Å². The van der Waals surface area contributed by atoms with Crippen LogP contribution in [0.3, 0.4) is 0 Å². The van der Waals surface area contributed by atoms with Gasteiger partial charge in [0.25, 0.3) is 0 Å². The molecular formula is C22H32N4OS. The van der Waals surface area contributed by atoms with Crippen LogP contribution in [0.2, 0.25) is 0 Å². The Morgan fingerprint density at radius 1 is 1.25 bits per heavy atom. The lowest BCUT2D eigenvalue weighted by atomic mass is 10.0. The number of methoxy groups -OCH3 is 1. The minimum Gasteiger partial charge on any atom is -0.496 e. The monoisotopic (exact) mass is 400 g/mol. The summed E-state index contributed by atoms with van der Waals surface area (Å²) in [6, 6.07) is 10.1. The summed E-state index contributed by atoms with van der Waals surface area (Å²) in [4.78, 5) is 5.47. The van der Waals surface area contributed by atoms with Crippen molar-refractivity contribution in [3.63, 3.8) is 0 Å². The number of hydrogen-bond donors (Lipinski definition) is 0. The van der Waals surface area contributed by atoms with Crippen molar-refractivity contribution >= 4 is 11.8 Å². The first kappa shape index (κ1) is 19.8. The van der Waals surface area contributed by atoms with Crippen molar-refractivity contribution in [2.24, 2.45) is 0 Å². The largest absolute Gasteiger partial charge is 0.496 e. The normalized spacial score (nSPS) is 23.1. The molecule has 28 heavy (non-hydrogen) atoms. The minimum atomic E-state index is 0.665. The highest BCUT2D eigenvalue weighted by Crippen LogP contribution is 2.29. The maximum absolute atomic E-state index is 5.61. The average Bonchev–Trinajstić information content (AvgIpc) is 3.38. The van der Waals surface area contributed by atoms with Crippen molar-refractivity contribution in [2.45, 2.75) is 44.4 Å². The molecule has 0 aliphatic carbocycles. The van der Waals surface area contributed by atoms with E-state index in [1.807, 2.05) is 34.9 Å². The van der Waals surface area contributed by atoms with Crippen LogP contribution in [-0.4, -0.2) is 70.4 Å². The van der Waals surface area contributed by atoms with Gasteiger partial charge in [-0.2, -0.15) is 16.9 Å². The standard InChI is InChI=1S/C22H32N4OS/c1-27-22-7-6-18(13-19(22)15-26-11-4-9-23-26)14-25-17-20-5-3-10-24(20)16-21(25)8-12-28-2/h4,6-7,9,11,13,20-21H,3,5,8,10,12,14-17H2,1-2H3/t20-,21+/m0/s1. The Hall–Kier alpha value is -1.50. The lowest BCUT2D eigenvalue weighted by molar-refractivity contribution is 0.0442. The van der Waals surface area contributed by atoms with Crippen molar-refractivity contribution in [1.82, 2.24) is 19.6 Å². The molecule has 1 aromatic carbocycles. The van der Waals surface area contributed by atoms with E-state index < -0.39 is 0 Å². The summed E-state index contributed by atoms with van der Waals surface area (Å²) >= 11 is 1.97. The molecule has 0 amide bonds. The van der Waals surface area contributed by atoms with E-state index in [1.165, 1.54) is 55.8 Å². The molecule has 5 nitrogen and oxygen atoms in total. The zero-order chi connectivity index (χ0) is 19.3. The fraction of sp³-hybridized carbons (Fsp3) is 0.591. The van der Waals surface area contributed by atoms with Crippen LogP contribution in [0.25, 0.3) is 0 Å². The van der Waals surface area contributed by atoms with Crippen LogP contribution in [-0.2, 0) is 13.1 Å². The fourth-order valence-corrected chi connectivity index (χ4v) is 5.23. The van der Waals surface area contributed by atoms with Crippen molar-refractivity contribution in [3.05, 3.63) is 47.8 Å². The number of thioether (sulfide) groups is 1. The second kappa shape index (κ2) is 9.33. The molecule has 0 saturated carbocycles. The molecule has 1 aromatic heterocycles. The predicted molar refractivity (Wildman–Crippen MR) is 116 cm³/mol. The average molecular weight is 401 g/mol. The van der Waals surface area contributed by atoms with Crippen LogP contribution in [0, 0.1) is 0 Å². The number of benzene rings is 1. The SMILES string of the molecule is COc1ccc(CN2C[C@@H]3CCCN3C[C@H]2CCSC)cc1Cn1cccn1. The van der Waals surface area contributed by atoms with E-state index in [0.29, 0.717) is 6.04 Å². The Bertz CT molecular complexity index is 751. The van der Waals surface area contributed by atoms with E-state index in [4.69, 9.17) is 4.74 Å². The van der Waals surface area contributed by atoms with Crippen molar-refractivity contribution in [2.75, 3.05) is 38.8 Å². The topological polar surface area (TPSA) is 33.5 Å². The van der Waals surface area contributed by atoms with Gasteiger partial charge in [-0.05, 0) is 61.6 Å². The van der Waals surface area contributed by atoms with Crippen LogP contribution in [0.4, 0.5) is 0 Å². The van der Waals surface area contributed by atoms with Gasteiger partial charge in [0.2, 0.25) is 0 Å². The van der Waals surface area contributed by atoms with Crippen molar-refractivity contribution in [1.29, 1.82) is 0 Å². The number of ether oxygens (including phenoxy) is 1. The predicted octanol–water partition coefficient (Wildman–Crippen LogP) is 3.34. The molecular weight excluding hydrogens is 368 g/mol. The van der Waals surface area contributed by atoms with Gasteiger partial charge in [-0.25, -0.2) is 0 Å². The van der Waals surface area contributed by atoms with E-state index in [9.17, 15) is 0 Å². The Morgan fingerprint density at radius 3 is 2.96 bits per heavy atom. The third-order valence-corrected chi connectivity index (χ3v) is 6.83. The van der Waals surface area contributed by atoms with Crippen LogP contribution < -0.4 is 4.74 Å². The molecule has 0 radical (unpaired) electrons. The second-order valence-corrected chi connectivity index (χ2v) is 8.99. The van der Waals surface area contributed by atoms with Gasteiger partial charge >= 0.3 is 0 Å². The highest BCUT2D eigenvalue weighted by Gasteiger charge is 2.35. The van der Waals surface area contributed by atoms with Crippen molar-refractivity contribution < 1.29 is 4.74 Å². The number of fused-ring (bicyclic) bond motifs is 1. The summed E-state index contributed by atoms with van der Waals surface area (Å²) in [6.45, 7) is 5.52. The third kappa shape index (κ3) is 4.56. The Kier molecular flexibility index (Phi) is 6.60. The van der Waals surface area contributed by atoms with E-state index in [-0.39, 0.29) is 0 Å². The molecule has 6 heteroatoms. The molecule has 2 aromatic rings. The Labute approximate surface area is 173 Å². The third-order valence-electron chi connectivity index (χ3n) is 6.18. The van der Waals surface area contributed by atoms with E-state index >= 15 is 0 Å². The molecule has 2 saturated heterocycles. The number of piperazine rings is 1. The second-order valence-electron chi connectivity index (χ2n) is 8.01. The van der Waals surface area contributed by atoms with Gasteiger partial charge in [0.15, 0.2) is 0 Å². The Balaban J connectivity index is 1.50. The maximum Gasteiger partial charge on any atom is 0.123 e. The van der Waals surface area contributed by atoms with E-state index in [1.54, 1.807) is 7.11 Å². The Morgan fingerprint density at radius 2 is 2.18 bits per heavy atom. The summed E-state index contributed by atoms with van der Waals surface area (Å²) in [5.41, 5.74) is 2.58. The molecule has 0 bridgehead atoms. The first-order chi connectivity index (χ1) is 13.8. The maximum atomic E-state index is 5.61. The van der Waals surface area contributed by atoms with E-state index in [2.05, 4.69) is 39.4 Å². The van der Waals surface area contributed by atoms with Gasteiger partial charge in [0, 0.05) is 49.7 Å². The summed E-state index contributed by atoms with van der Waals surface area (Å²) in [7, 11) is 1.75. The van der Waals surface area contributed by atoms with Crippen LogP contribution >= 0.6 is 11.8 Å². The summed E-state index contributed by atoms with van der Waals surface area (Å²) < 4.78 is 7.56. The first-order valence-electron chi connectivity index (χ1n) is 10.4. The molecule has 2 atom stereocenters. The molecule has 4 rings (SSSR count). The van der Waals surface area contributed by atoms with Gasteiger partial charge in [0.05, 0.1) is 13.7 Å². The molecule has 0 unspecified atom stereocenters. The van der Waals surface area contributed by atoms with Crippen LogP contribution in [0.1, 0.15) is 30.4 Å². The van der Waals surface area contributed by atoms with Crippen LogP contribution in [0.5, 0.6) is 5.75 Å². The number of hydrogen-bond acceptors (Lipinski definition) is 5. The van der Waals surface area contributed by atoms with Crippen LogP contribution in [0.15, 0.2) is 36.7 Å². The highest BCUT2D eigenvalue weighted by atomic mass is 32.2. The number of aromatic nitrogens is 2. The number of nitrogens with zero attached hydrogens (tertiary/aromatic N) is 4. The summed E-state index contributed by atoms with van der Waals surface area (Å²) in [6.07, 6.45) is 10.1. The van der Waals surface area contributed by atoms with Gasteiger partial charge in [0.1, 0.15) is 5.75 Å². The zero-order valence-corrected chi connectivity index (χ0v) is 17.9. The molecule has 152 valence electrons. The van der Waals surface area contributed by atoms with E-state index in [0.717, 1.165) is 24.9 Å². The highest BCUT2D eigenvalue weighted by molar-refractivity contribution is 7.98. The van der Waals surface area contributed by atoms with Gasteiger partial charge in [-0.3, -0.25) is 14.5 Å². The molecule has 3 heterocycles. The summed E-state index contributed by atoms with van der Waals surface area (Å²) in [5.74, 6) is 2.19. The smallest absolute Gasteiger partial charge is 0.123 e.